The number of carbonyl (C=O) groups is 4. The Morgan fingerprint density at radius 1 is 1.04 bits per heavy atom. The number of pyridine rings is 1. The summed E-state index contributed by atoms with van der Waals surface area (Å²) < 4.78 is 7.05. The predicted octanol–water partition coefficient (Wildman–Crippen LogP) is 6.45. The number of rotatable bonds is 5. The molecule has 1 saturated heterocycles. The van der Waals surface area contributed by atoms with Gasteiger partial charge in [0.1, 0.15) is 23.1 Å². The first-order chi connectivity index (χ1) is 22.3. The van der Waals surface area contributed by atoms with Gasteiger partial charge < -0.3 is 15.0 Å². The van der Waals surface area contributed by atoms with Crippen LogP contribution in [-0.4, -0.2) is 58.3 Å². The number of fused-ring (bicyclic) bond motifs is 2. The van der Waals surface area contributed by atoms with Crippen molar-refractivity contribution >= 4 is 51.1 Å². The van der Waals surface area contributed by atoms with Gasteiger partial charge in [0.15, 0.2) is 0 Å². The summed E-state index contributed by atoms with van der Waals surface area (Å²) in [6, 6.07) is 6.56. The van der Waals surface area contributed by atoms with E-state index in [1.807, 2.05) is 20.8 Å². The molecule has 11 nitrogen and oxygen atoms in total. The van der Waals surface area contributed by atoms with Gasteiger partial charge in [0.05, 0.1) is 34.1 Å². The highest BCUT2D eigenvalue weighted by molar-refractivity contribution is 7.18. The van der Waals surface area contributed by atoms with Crippen molar-refractivity contribution in [1.29, 1.82) is 0 Å². The van der Waals surface area contributed by atoms with Crippen LogP contribution in [0.4, 0.5) is 10.6 Å². The van der Waals surface area contributed by atoms with Crippen molar-refractivity contribution in [2.45, 2.75) is 104 Å². The summed E-state index contributed by atoms with van der Waals surface area (Å²) in [7, 11) is 1.48. The lowest BCUT2D eigenvalue weighted by molar-refractivity contribution is -0.136. The molecular weight excluding hydrogens is 604 g/mol. The third kappa shape index (κ3) is 8.80. The Morgan fingerprint density at radius 3 is 2.39 bits per heavy atom. The number of thiazole rings is 1. The molecule has 3 fully saturated rings. The van der Waals surface area contributed by atoms with Crippen molar-refractivity contribution in [3.8, 4) is 5.75 Å². The normalized spacial score (nSPS) is 18.2. The molecular formula is C34H46N6O5S. The van der Waals surface area contributed by atoms with Gasteiger partial charge in [0, 0.05) is 13.5 Å². The van der Waals surface area contributed by atoms with Crippen molar-refractivity contribution in [3.05, 3.63) is 46.1 Å². The van der Waals surface area contributed by atoms with Crippen molar-refractivity contribution in [1.82, 2.24) is 25.5 Å². The van der Waals surface area contributed by atoms with E-state index in [4.69, 9.17) is 4.74 Å². The van der Waals surface area contributed by atoms with Crippen LogP contribution in [0.25, 0.3) is 10.2 Å². The second-order valence-corrected chi connectivity index (χ2v) is 12.6. The summed E-state index contributed by atoms with van der Waals surface area (Å²) in [6.07, 6.45) is 10.4. The number of amides is 5. The quantitative estimate of drug-likeness (QED) is 0.269. The van der Waals surface area contributed by atoms with E-state index in [2.05, 4.69) is 45.0 Å². The average molecular weight is 651 g/mol. The number of hydrogen-bond acceptors (Lipinski definition) is 8. The standard InChI is InChI=1S/C15H19NOS.C14H15N5O4.C3H6.C2H6/c1-3-17-13-8-12(11-6-4-5-7-11)9-14-15(13)16-10(2)18-14;1-15-14(23)17-10-4-2-7-8(16-10)6-19(13(7)22)9-3-5-11(20)18-12(9)21;1-2-3-1;1-2/h8-9,11H,3-7H2,1-2H3;2,4,9H,3,5-6H2,1H3,(H,18,20,21)(H2,15,16,17,23);1-3H2;1-2H3. The number of anilines is 1. The van der Waals surface area contributed by atoms with Crippen LogP contribution in [-0.2, 0) is 16.1 Å². The summed E-state index contributed by atoms with van der Waals surface area (Å²) in [6.45, 7) is 8.98. The number of imide groups is 1. The Labute approximate surface area is 274 Å². The molecule has 1 atom stereocenters. The zero-order valence-electron chi connectivity index (χ0n) is 27.5. The van der Waals surface area contributed by atoms with Gasteiger partial charge in [-0.1, -0.05) is 46.0 Å². The molecule has 3 N–H and O–H groups in total. The number of nitrogens with zero attached hydrogens (tertiary/aromatic N) is 3. The summed E-state index contributed by atoms with van der Waals surface area (Å²) >= 11 is 1.77. The topological polar surface area (TPSA) is 143 Å². The van der Waals surface area contributed by atoms with Crippen LogP contribution < -0.4 is 20.7 Å². The number of hydrogen-bond donors (Lipinski definition) is 3. The molecule has 1 aromatic carbocycles. The number of aryl methyl sites for hydroxylation is 1. The van der Waals surface area contributed by atoms with Gasteiger partial charge in [0.25, 0.3) is 5.91 Å². The van der Waals surface area contributed by atoms with E-state index in [0.29, 0.717) is 30.1 Å². The maximum absolute atomic E-state index is 12.4. The number of urea groups is 1. The molecule has 248 valence electrons. The minimum atomic E-state index is -0.676. The first-order valence-electron chi connectivity index (χ1n) is 16.4. The molecule has 0 bridgehead atoms. The van der Waals surface area contributed by atoms with E-state index in [1.54, 1.807) is 17.4 Å². The van der Waals surface area contributed by atoms with Crippen LogP contribution in [0, 0.1) is 6.92 Å². The average Bonchev–Trinajstić information content (AvgIpc) is 3.62. The van der Waals surface area contributed by atoms with E-state index in [0.717, 1.165) is 22.2 Å². The van der Waals surface area contributed by atoms with Crippen LogP contribution >= 0.6 is 11.3 Å². The molecule has 5 amide bonds. The highest BCUT2D eigenvalue weighted by atomic mass is 32.1. The van der Waals surface area contributed by atoms with Crippen LogP contribution in [0.3, 0.4) is 0 Å². The van der Waals surface area contributed by atoms with Gasteiger partial charge in [-0.3, -0.25) is 25.0 Å². The third-order valence-corrected chi connectivity index (χ3v) is 8.83. The maximum atomic E-state index is 12.4. The van der Waals surface area contributed by atoms with E-state index >= 15 is 0 Å². The van der Waals surface area contributed by atoms with Gasteiger partial charge in [0.2, 0.25) is 11.8 Å². The zero-order valence-corrected chi connectivity index (χ0v) is 28.3. The maximum Gasteiger partial charge on any atom is 0.320 e. The number of piperidine rings is 1. The Bertz CT molecular complexity index is 1550. The Balaban J connectivity index is 0.000000186. The molecule has 2 aliphatic heterocycles. The van der Waals surface area contributed by atoms with Crippen LogP contribution in [0.2, 0.25) is 0 Å². The molecule has 2 aromatic heterocycles. The molecule has 2 saturated carbocycles. The summed E-state index contributed by atoms with van der Waals surface area (Å²) in [5.74, 6) is 0.934. The number of benzene rings is 1. The number of carbonyl (C=O) groups excluding carboxylic acids is 4. The minimum absolute atomic E-state index is 0.170. The van der Waals surface area contributed by atoms with Gasteiger partial charge in [-0.15, -0.1) is 11.3 Å². The van der Waals surface area contributed by atoms with Crippen molar-refractivity contribution in [3.63, 3.8) is 0 Å². The summed E-state index contributed by atoms with van der Waals surface area (Å²) in [4.78, 5) is 57.1. The number of aromatic nitrogens is 2. The monoisotopic (exact) mass is 650 g/mol. The number of ether oxygens (including phenoxy) is 1. The minimum Gasteiger partial charge on any atom is -0.492 e. The second-order valence-electron chi connectivity index (χ2n) is 11.4. The van der Waals surface area contributed by atoms with Gasteiger partial charge in [-0.05, 0) is 68.9 Å². The first-order valence-corrected chi connectivity index (χ1v) is 17.3. The van der Waals surface area contributed by atoms with Crippen molar-refractivity contribution in [2.75, 3.05) is 19.0 Å². The number of nitrogens with one attached hydrogen (secondary N) is 3. The van der Waals surface area contributed by atoms with Crippen LogP contribution in [0.1, 0.15) is 111 Å². The molecule has 4 aliphatic rings. The lowest BCUT2D eigenvalue weighted by Gasteiger charge is -2.29. The van der Waals surface area contributed by atoms with Crippen LogP contribution in [0.5, 0.6) is 5.75 Å². The first kappa shape index (κ1) is 34.8. The largest absolute Gasteiger partial charge is 0.492 e. The molecule has 1 unspecified atom stereocenters. The molecule has 0 spiro atoms. The van der Waals surface area contributed by atoms with E-state index < -0.39 is 18.0 Å². The van der Waals surface area contributed by atoms with Gasteiger partial charge in [-0.25, -0.2) is 14.8 Å². The predicted molar refractivity (Wildman–Crippen MR) is 180 cm³/mol. The lowest BCUT2D eigenvalue weighted by Crippen LogP contribution is -2.52. The van der Waals surface area contributed by atoms with E-state index in [1.165, 1.54) is 73.2 Å². The van der Waals surface area contributed by atoms with E-state index in [-0.39, 0.29) is 24.8 Å². The fraction of sp³-hybridized carbons (Fsp3) is 0.529. The molecule has 3 aromatic rings. The van der Waals surface area contributed by atoms with Crippen molar-refractivity contribution < 1.29 is 23.9 Å². The summed E-state index contributed by atoms with van der Waals surface area (Å²) in [5.41, 5.74) is 3.39. The summed E-state index contributed by atoms with van der Waals surface area (Å²) in [5, 5.41) is 8.30. The molecule has 46 heavy (non-hydrogen) atoms. The SMILES string of the molecule is C1CC1.CC.CCOc1cc(C2CCCC2)cc2sc(C)nc12.CNC(=O)Nc1ccc2c(n1)CN(C1CCC(=O)NC1=O)C2=O. The zero-order chi connectivity index (χ0) is 33.2. The Morgan fingerprint density at radius 2 is 1.76 bits per heavy atom. The smallest absolute Gasteiger partial charge is 0.320 e. The van der Waals surface area contributed by atoms with E-state index in [9.17, 15) is 19.2 Å². The van der Waals surface area contributed by atoms with Crippen LogP contribution in [0.15, 0.2) is 24.3 Å². The van der Waals surface area contributed by atoms with Gasteiger partial charge >= 0.3 is 6.03 Å². The highest BCUT2D eigenvalue weighted by Gasteiger charge is 2.39. The molecule has 0 radical (unpaired) electrons. The Kier molecular flexibility index (Phi) is 12.5. The van der Waals surface area contributed by atoms with Gasteiger partial charge in [-0.2, -0.15) is 0 Å². The Hall–Kier alpha value is -4.06. The molecule has 4 heterocycles. The fourth-order valence-electron chi connectivity index (χ4n) is 5.57. The molecule has 7 rings (SSSR count). The van der Waals surface area contributed by atoms with Crippen molar-refractivity contribution in [2.24, 2.45) is 0 Å². The highest BCUT2D eigenvalue weighted by Crippen LogP contribution is 2.39. The third-order valence-electron chi connectivity index (χ3n) is 7.91. The lowest BCUT2D eigenvalue weighted by atomic mass is 9.97. The second kappa shape index (κ2) is 16.5. The molecule has 12 heteroatoms. The fourth-order valence-corrected chi connectivity index (χ4v) is 6.47. The molecule has 2 aliphatic carbocycles.